The Bertz CT molecular complexity index is 914. The van der Waals surface area contributed by atoms with Gasteiger partial charge in [0.15, 0.2) is 9.84 Å². The first-order chi connectivity index (χ1) is 13.9. The summed E-state index contributed by atoms with van der Waals surface area (Å²) in [6.07, 6.45) is 2.25. The number of anilines is 1. The van der Waals surface area contributed by atoms with Gasteiger partial charge in [-0.05, 0) is 55.0 Å². The number of nitrogens with one attached hydrogen (secondary N) is 2. The van der Waals surface area contributed by atoms with Crippen molar-refractivity contribution in [2.24, 2.45) is 5.92 Å². The third-order valence-corrected chi connectivity index (χ3v) is 7.94. The van der Waals surface area contributed by atoms with E-state index in [2.05, 4.69) is 10.6 Å². The molecule has 3 atom stereocenters. The minimum Gasteiger partial charge on any atom is -0.381 e. The molecule has 0 bridgehead atoms. The summed E-state index contributed by atoms with van der Waals surface area (Å²) in [5, 5.41) is 5.11. The van der Waals surface area contributed by atoms with Crippen LogP contribution in [0.25, 0.3) is 0 Å². The molecule has 7 heteroatoms. The van der Waals surface area contributed by atoms with Crippen LogP contribution in [-0.2, 0) is 21.1 Å². The van der Waals surface area contributed by atoms with Gasteiger partial charge in [0, 0.05) is 19.3 Å². The average Bonchev–Trinajstić information content (AvgIpc) is 2.73. The van der Waals surface area contributed by atoms with Gasteiger partial charge < -0.3 is 15.4 Å². The summed E-state index contributed by atoms with van der Waals surface area (Å²) in [5.41, 5.74) is 1.55. The third kappa shape index (κ3) is 5.36. The maximum atomic E-state index is 13.0. The van der Waals surface area contributed by atoms with E-state index >= 15 is 0 Å². The van der Waals surface area contributed by atoms with Crippen LogP contribution in [0.5, 0.6) is 0 Å². The molecule has 156 valence electrons. The van der Waals surface area contributed by atoms with Crippen molar-refractivity contribution in [3.8, 4) is 0 Å². The Kier molecular flexibility index (Phi) is 6.92. The van der Waals surface area contributed by atoms with Crippen molar-refractivity contribution in [1.82, 2.24) is 5.32 Å². The van der Waals surface area contributed by atoms with Crippen LogP contribution in [0.1, 0.15) is 31.7 Å². The minimum absolute atomic E-state index is 0.0419. The first-order valence-electron chi connectivity index (χ1n) is 9.85. The highest BCUT2D eigenvalue weighted by Gasteiger charge is 2.37. The number of rotatable bonds is 6. The minimum atomic E-state index is -3.42. The van der Waals surface area contributed by atoms with Gasteiger partial charge >= 0.3 is 6.03 Å². The summed E-state index contributed by atoms with van der Waals surface area (Å²) in [7, 11) is -1.74. The molecule has 2 aromatic carbocycles. The first kappa shape index (κ1) is 21.3. The molecule has 0 radical (unpaired) electrons. The molecule has 0 saturated heterocycles. The molecule has 1 aliphatic rings. The second kappa shape index (κ2) is 9.41. The molecule has 1 saturated carbocycles. The van der Waals surface area contributed by atoms with E-state index in [4.69, 9.17) is 4.74 Å². The smallest absolute Gasteiger partial charge is 0.319 e. The van der Waals surface area contributed by atoms with E-state index in [-0.39, 0.29) is 18.1 Å². The van der Waals surface area contributed by atoms with Crippen molar-refractivity contribution in [3.63, 3.8) is 0 Å². The molecule has 1 fully saturated rings. The first-order valence-corrected chi connectivity index (χ1v) is 11.4. The monoisotopic (exact) mass is 416 g/mol. The number of carbonyl (C=O) groups excluding carboxylic acids is 1. The highest BCUT2D eigenvalue weighted by Crippen LogP contribution is 2.34. The molecular formula is C22H28N2O4S. The highest BCUT2D eigenvalue weighted by atomic mass is 32.2. The number of hydrogen-bond donors (Lipinski definition) is 2. The van der Waals surface area contributed by atoms with Gasteiger partial charge in [0.2, 0.25) is 0 Å². The fraction of sp³-hybridized carbons (Fsp3) is 0.409. The summed E-state index contributed by atoms with van der Waals surface area (Å²) >= 11 is 0. The largest absolute Gasteiger partial charge is 0.381 e. The summed E-state index contributed by atoms with van der Waals surface area (Å²) in [6, 6.07) is 15.7. The number of methoxy groups -OCH3 is 1. The molecule has 2 amide bonds. The van der Waals surface area contributed by atoms with Gasteiger partial charge in [0.05, 0.1) is 16.2 Å². The number of carbonyl (C=O) groups is 1. The normalized spacial score (nSPS) is 22.1. The maximum absolute atomic E-state index is 13.0. The number of urea groups is 1. The fourth-order valence-corrected chi connectivity index (χ4v) is 5.88. The zero-order valence-corrected chi connectivity index (χ0v) is 17.6. The summed E-state index contributed by atoms with van der Waals surface area (Å²) in [4.78, 5) is 12.4. The quantitative estimate of drug-likeness (QED) is 0.746. The molecular weight excluding hydrogens is 388 g/mol. The standard InChI is InChI=1S/C22H28N2O4S/c1-16-14-19(28-2)10-13-21(16)29(26,27)20-11-8-18(9-12-20)24-22(25)23-15-17-6-4-3-5-7-17/h3-9,11-12,16,19,21H,10,13-15H2,1-2H3,(H2,23,24,25). The van der Waals surface area contributed by atoms with Gasteiger partial charge in [0.25, 0.3) is 0 Å². The Morgan fingerprint density at radius 3 is 2.38 bits per heavy atom. The molecule has 0 aliphatic heterocycles. The van der Waals surface area contributed by atoms with Crippen LogP contribution >= 0.6 is 0 Å². The number of hydrogen-bond acceptors (Lipinski definition) is 4. The molecule has 3 rings (SSSR count). The van der Waals surface area contributed by atoms with Crippen molar-refractivity contribution in [3.05, 3.63) is 60.2 Å². The lowest BCUT2D eigenvalue weighted by Gasteiger charge is -2.33. The predicted molar refractivity (Wildman–Crippen MR) is 114 cm³/mol. The predicted octanol–water partition coefficient (Wildman–Crippen LogP) is 3.99. The summed E-state index contributed by atoms with van der Waals surface area (Å²) in [6.45, 7) is 2.39. The summed E-state index contributed by atoms with van der Waals surface area (Å²) in [5.74, 6) is 0.0419. The van der Waals surface area contributed by atoms with Crippen molar-refractivity contribution >= 4 is 21.6 Å². The molecule has 0 spiro atoms. The number of amides is 2. The molecule has 3 unspecified atom stereocenters. The van der Waals surface area contributed by atoms with E-state index in [1.165, 1.54) is 0 Å². The van der Waals surface area contributed by atoms with Gasteiger partial charge in [-0.25, -0.2) is 13.2 Å². The van der Waals surface area contributed by atoms with E-state index in [1.54, 1.807) is 31.4 Å². The lowest BCUT2D eigenvalue weighted by Crippen LogP contribution is -2.36. The van der Waals surface area contributed by atoms with E-state index in [0.717, 1.165) is 18.4 Å². The van der Waals surface area contributed by atoms with E-state index < -0.39 is 15.1 Å². The Labute approximate surface area is 172 Å². The Morgan fingerprint density at radius 2 is 1.76 bits per heavy atom. The second-order valence-corrected chi connectivity index (χ2v) is 9.72. The van der Waals surface area contributed by atoms with E-state index in [9.17, 15) is 13.2 Å². The van der Waals surface area contributed by atoms with Crippen LogP contribution in [-0.4, -0.2) is 32.9 Å². The maximum Gasteiger partial charge on any atom is 0.319 e. The van der Waals surface area contributed by atoms with Crippen LogP contribution < -0.4 is 10.6 Å². The Balaban J connectivity index is 1.59. The van der Waals surface area contributed by atoms with Crippen LogP contribution in [0.2, 0.25) is 0 Å². The zero-order chi connectivity index (χ0) is 20.9. The van der Waals surface area contributed by atoms with Crippen LogP contribution in [0, 0.1) is 5.92 Å². The lowest BCUT2D eigenvalue weighted by atomic mass is 9.88. The van der Waals surface area contributed by atoms with Crippen LogP contribution in [0.3, 0.4) is 0 Å². The van der Waals surface area contributed by atoms with Gasteiger partial charge in [-0.2, -0.15) is 0 Å². The van der Waals surface area contributed by atoms with Crippen LogP contribution in [0.15, 0.2) is 59.5 Å². The molecule has 2 N–H and O–H groups in total. The number of benzene rings is 2. The molecule has 0 aromatic heterocycles. The third-order valence-electron chi connectivity index (χ3n) is 5.51. The fourth-order valence-electron chi connectivity index (χ4n) is 3.85. The molecule has 6 nitrogen and oxygen atoms in total. The van der Waals surface area contributed by atoms with Gasteiger partial charge in [0.1, 0.15) is 0 Å². The lowest BCUT2D eigenvalue weighted by molar-refractivity contribution is 0.0554. The van der Waals surface area contributed by atoms with Crippen molar-refractivity contribution in [1.29, 1.82) is 0 Å². The number of sulfone groups is 1. The van der Waals surface area contributed by atoms with Crippen molar-refractivity contribution in [2.45, 2.75) is 49.0 Å². The van der Waals surface area contributed by atoms with Crippen molar-refractivity contribution in [2.75, 3.05) is 12.4 Å². The van der Waals surface area contributed by atoms with Gasteiger partial charge in [-0.1, -0.05) is 37.3 Å². The molecule has 2 aromatic rings. The SMILES string of the molecule is COC1CCC(S(=O)(=O)c2ccc(NC(=O)NCc3ccccc3)cc2)C(C)C1. The van der Waals surface area contributed by atoms with Gasteiger partial charge in [-0.3, -0.25) is 0 Å². The average molecular weight is 417 g/mol. The van der Waals surface area contributed by atoms with Gasteiger partial charge in [-0.15, -0.1) is 0 Å². The number of ether oxygens (including phenoxy) is 1. The highest BCUT2D eigenvalue weighted by molar-refractivity contribution is 7.92. The van der Waals surface area contributed by atoms with E-state index in [1.807, 2.05) is 37.3 Å². The Hall–Kier alpha value is -2.38. The Morgan fingerprint density at radius 1 is 1.07 bits per heavy atom. The molecule has 29 heavy (non-hydrogen) atoms. The zero-order valence-electron chi connectivity index (χ0n) is 16.8. The van der Waals surface area contributed by atoms with E-state index in [0.29, 0.717) is 23.5 Å². The molecule has 1 aliphatic carbocycles. The van der Waals surface area contributed by atoms with Crippen molar-refractivity contribution < 1.29 is 17.9 Å². The van der Waals surface area contributed by atoms with Crippen LogP contribution in [0.4, 0.5) is 10.5 Å². The topological polar surface area (TPSA) is 84.5 Å². The summed E-state index contributed by atoms with van der Waals surface area (Å²) < 4.78 is 31.5. The second-order valence-electron chi connectivity index (χ2n) is 7.55. The molecule has 0 heterocycles.